The molecule has 0 amide bonds. The summed E-state index contributed by atoms with van der Waals surface area (Å²) >= 11 is 1.73. The van der Waals surface area contributed by atoms with Crippen LogP contribution in [0.1, 0.15) is 15.9 Å². The summed E-state index contributed by atoms with van der Waals surface area (Å²) in [6.07, 6.45) is 0. The Balaban J connectivity index is 1.70. The number of hydrogen-bond donors (Lipinski definition) is 2. The Labute approximate surface area is 120 Å². The normalized spacial score (nSPS) is 10.6. The van der Waals surface area contributed by atoms with Gasteiger partial charge in [0.1, 0.15) is 0 Å². The smallest absolute Gasteiger partial charge is 0.335 e. The molecule has 1 heterocycles. The Hall–Kier alpha value is -2.33. The number of carboxylic acid groups (broad SMARTS) is 1. The second-order valence-electron chi connectivity index (χ2n) is 4.53. The molecule has 0 aliphatic carbocycles. The molecule has 0 spiro atoms. The zero-order valence-corrected chi connectivity index (χ0v) is 11.5. The van der Waals surface area contributed by atoms with Gasteiger partial charge in [-0.2, -0.15) is 0 Å². The molecule has 3 rings (SSSR count). The number of hydrogen-bond acceptors (Lipinski definition) is 3. The second kappa shape index (κ2) is 5.35. The molecule has 0 unspecified atom stereocenters. The SMILES string of the molecule is O=C(O)c1ccc(CNc2ccc3sccc3c2)cc1. The van der Waals surface area contributed by atoms with Crippen LogP contribution in [0, 0.1) is 0 Å². The van der Waals surface area contributed by atoms with E-state index in [0.29, 0.717) is 12.1 Å². The van der Waals surface area contributed by atoms with E-state index in [4.69, 9.17) is 5.11 Å². The van der Waals surface area contributed by atoms with Crippen molar-refractivity contribution in [2.45, 2.75) is 6.54 Å². The predicted molar refractivity (Wildman–Crippen MR) is 82.6 cm³/mol. The van der Waals surface area contributed by atoms with Crippen molar-refractivity contribution in [3.63, 3.8) is 0 Å². The van der Waals surface area contributed by atoms with E-state index in [2.05, 4.69) is 35.0 Å². The molecule has 0 bridgehead atoms. The Bertz CT molecular complexity index is 747. The van der Waals surface area contributed by atoms with Gasteiger partial charge in [0.05, 0.1) is 5.56 Å². The average molecular weight is 283 g/mol. The minimum absolute atomic E-state index is 0.313. The van der Waals surface area contributed by atoms with Gasteiger partial charge >= 0.3 is 5.97 Å². The Kier molecular flexibility index (Phi) is 3.39. The first-order chi connectivity index (χ1) is 9.72. The first kappa shape index (κ1) is 12.7. The van der Waals surface area contributed by atoms with Gasteiger partial charge in [-0.15, -0.1) is 11.3 Å². The number of carbonyl (C=O) groups is 1. The van der Waals surface area contributed by atoms with E-state index in [0.717, 1.165) is 11.3 Å². The van der Waals surface area contributed by atoms with E-state index in [1.165, 1.54) is 10.1 Å². The summed E-state index contributed by atoms with van der Waals surface area (Å²) in [6, 6.07) is 15.3. The summed E-state index contributed by atoms with van der Waals surface area (Å²) in [4.78, 5) is 10.8. The van der Waals surface area contributed by atoms with E-state index in [9.17, 15) is 4.79 Å². The fraction of sp³-hybridized carbons (Fsp3) is 0.0625. The van der Waals surface area contributed by atoms with Gasteiger partial charge in [-0.05, 0) is 52.7 Å². The zero-order chi connectivity index (χ0) is 13.9. The predicted octanol–water partition coefficient (Wildman–Crippen LogP) is 4.21. The minimum atomic E-state index is -0.896. The van der Waals surface area contributed by atoms with E-state index < -0.39 is 5.97 Å². The van der Waals surface area contributed by atoms with Crippen LogP contribution in [0.5, 0.6) is 0 Å². The summed E-state index contributed by atoms with van der Waals surface area (Å²) in [6.45, 7) is 0.676. The Morgan fingerprint density at radius 2 is 1.90 bits per heavy atom. The Morgan fingerprint density at radius 3 is 2.65 bits per heavy atom. The molecular weight excluding hydrogens is 270 g/mol. The van der Waals surface area contributed by atoms with E-state index in [1.54, 1.807) is 23.5 Å². The molecule has 0 saturated carbocycles. The van der Waals surface area contributed by atoms with Crippen molar-refractivity contribution in [1.29, 1.82) is 0 Å². The van der Waals surface area contributed by atoms with Gasteiger partial charge in [0.2, 0.25) is 0 Å². The molecule has 2 aromatic carbocycles. The highest BCUT2D eigenvalue weighted by Crippen LogP contribution is 2.24. The monoisotopic (exact) mass is 283 g/mol. The quantitative estimate of drug-likeness (QED) is 0.754. The lowest BCUT2D eigenvalue weighted by atomic mass is 10.1. The fourth-order valence-electron chi connectivity index (χ4n) is 2.05. The fourth-order valence-corrected chi connectivity index (χ4v) is 2.82. The third-order valence-electron chi connectivity index (χ3n) is 3.15. The van der Waals surface area contributed by atoms with Crippen LogP contribution in [0.15, 0.2) is 53.9 Å². The van der Waals surface area contributed by atoms with Crippen molar-refractivity contribution in [2.24, 2.45) is 0 Å². The molecule has 3 nitrogen and oxygen atoms in total. The molecule has 3 aromatic rings. The summed E-state index contributed by atoms with van der Waals surface area (Å²) in [5, 5.41) is 15.5. The van der Waals surface area contributed by atoms with Crippen molar-refractivity contribution in [3.05, 3.63) is 65.0 Å². The molecule has 100 valence electrons. The molecule has 0 fully saturated rings. The zero-order valence-electron chi connectivity index (χ0n) is 10.7. The summed E-state index contributed by atoms with van der Waals surface area (Å²) in [5.74, 6) is -0.896. The van der Waals surface area contributed by atoms with E-state index in [-0.39, 0.29) is 0 Å². The molecule has 2 N–H and O–H groups in total. The van der Waals surface area contributed by atoms with Crippen LogP contribution in [-0.2, 0) is 6.54 Å². The molecule has 0 aliphatic rings. The summed E-state index contributed by atoms with van der Waals surface area (Å²) in [5.41, 5.74) is 2.44. The standard InChI is InChI=1S/C16H13NO2S/c18-16(19)12-3-1-11(2-4-12)10-17-14-5-6-15-13(9-14)7-8-20-15/h1-9,17H,10H2,(H,18,19). The lowest BCUT2D eigenvalue weighted by Gasteiger charge is -2.07. The maximum atomic E-state index is 10.8. The summed E-state index contributed by atoms with van der Waals surface area (Å²) < 4.78 is 1.28. The van der Waals surface area contributed by atoms with Gasteiger partial charge in [0.15, 0.2) is 0 Å². The molecule has 20 heavy (non-hydrogen) atoms. The minimum Gasteiger partial charge on any atom is -0.478 e. The first-order valence-corrected chi connectivity index (χ1v) is 7.14. The molecule has 0 atom stereocenters. The van der Waals surface area contributed by atoms with Crippen LogP contribution >= 0.6 is 11.3 Å². The van der Waals surface area contributed by atoms with Gasteiger partial charge in [0, 0.05) is 16.9 Å². The highest BCUT2D eigenvalue weighted by molar-refractivity contribution is 7.17. The number of carboxylic acids is 1. The third kappa shape index (κ3) is 2.65. The average Bonchev–Trinajstić information content (AvgIpc) is 2.93. The lowest BCUT2D eigenvalue weighted by molar-refractivity contribution is 0.0697. The van der Waals surface area contributed by atoms with Crippen LogP contribution in [-0.4, -0.2) is 11.1 Å². The van der Waals surface area contributed by atoms with E-state index in [1.807, 2.05) is 12.1 Å². The lowest BCUT2D eigenvalue weighted by Crippen LogP contribution is -2.01. The van der Waals surface area contributed by atoms with Crippen LogP contribution in [0.3, 0.4) is 0 Å². The number of thiophene rings is 1. The van der Waals surface area contributed by atoms with Gasteiger partial charge in [-0.1, -0.05) is 12.1 Å². The third-order valence-corrected chi connectivity index (χ3v) is 4.05. The van der Waals surface area contributed by atoms with Crippen molar-refractivity contribution < 1.29 is 9.90 Å². The second-order valence-corrected chi connectivity index (χ2v) is 5.48. The molecule has 0 saturated heterocycles. The molecule has 0 aliphatic heterocycles. The number of anilines is 1. The Morgan fingerprint density at radius 1 is 1.10 bits per heavy atom. The van der Waals surface area contributed by atoms with Gasteiger partial charge in [-0.3, -0.25) is 0 Å². The van der Waals surface area contributed by atoms with Crippen molar-refractivity contribution in [1.82, 2.24) is 0 Å². The van der Waals surface area contributed by atoms with Gasteiger partial charge in [-0.25, -0.2) is 4.79 Å². The van der Waals surface area contributed by atoms with Crippen LogP contribution in [0.4, 0.5) is 5.69 Å². The largest absolute Gasteiger partial charge is 0.478 e. The molecule has 0 radical (unpaired) electrons. The number of nitrogens with one attached hydrogen (secondary N) is 1. The molecule has 4 heteroatoms. The molecule has 1 aromatic heterocycles. The first-order valence-electron chi connectivity index (χ1n) is 6.26. The maximum Gasteiger partial charge on any atom is 0.335 e. The summed E-state index contributed by atoms with van der Waals surface area (Å²) in [7, 11) is 0. The van der Waals surface area contributed by atoms with Crippen molar-refractivity contribution >= 4 is 33.1 Å². The number of fused-ring (bicyclic) bond motifs is 1. The van der Waals surface area contributed by atoms with Crippen molar-refractivity contribution in [3.8, 4) is 0 Å². The van der Waals surface area contributed by atoms with Gasteiger partial charge in [0.25, 0.3) is 0 Å². The number of aromatic carboxylic acids is 1. The number of benzene rings is 2. The van der Waals surface area contributed by atoms with Crippen LogP contribution in [0.25, 0.3) is 10.1 Å². The highest BCUT2D eigenvalue weighted by Gasteiger charge is 2.02. The van der Waals surface area contributed by atoms with Crippen LogP contribution in [0.2, 0.25) is 0 Å². The number of rotatable bonds is 4. The van der Waals surface area contributed by atoms with Gasteiger partial charge < -0.3 is 10.4 Å². The van der Waals surface area contributed by atoms with Crippen LogP contribution < -0.4 is 5.32 Å². The maximum absolute atomic E-state index is 10.8. The van der Waals surface area contributed by atoms with Crippen molar-refractivity contribution in [2.75, 3.05) is 5.32 Å². The van der Waals surface area contributed by atoms with E-state index >= 15 is 0 Å². The highest BCUT2D eigenvalue weighted by atomic mass is 32.1. The molecular formula is C16H13NO2S. The topological polar surface area (TPSA) is 49.3 Å².